The van der Waals surface area contributed by atoms with Gasteiger partial charge in [0.25, 0.3) is 11.5 Å². The summed E-state index contributed by atoms with van der Waals surface area (Å²) in [5.74, 6) is -0.450. The maximum atomic E-state index is 12.9. The van der Waals surface area contributed by atoms with Gasteiger partial charge in [0.15, 0.2) is 5.69 Å². The molecule has 7 nitrogen and oxygen atoms in total. The van der Waals surface area contributed by atoms with Crippen molar-refractivity contribution in [3.05, 3.63) is 75.8 Å². The SMILES string of the molecule is CCCCCn1nc(C(=O)N/N=C/c2c(C)[nH]c3ccccc23)c2ccccc2c1=O. The molecular weight excluding hydrogens is 390 g/mol. The zero-order chi connectivity index (χ0) is 21.8. The highest BCUT2D eigenvalue weighted by molar-refractivity contribution is 6.05. The number of aromatic nitrogens is 3. The molecule has 4 aromatic rings. The summed E-state index contributed by atoms with van der Waals surface area (Å²) in [5, 5.41) is 10.6. The second kappa shape index (κ2) is 8.95. The van der Waals surface area contributed by atoms with Crippen molar-refractivity contribution in [1.29, 1.82) is 0 Å². The van der Waals surface area contributed by atoms with Gasteiger partial charge in [-0.25, -0.2) is 10.1 Å². The summed E-state index contributed by atoms with van der Waals surface area (Å²) >= 11 is 0. The molecule has 0 bridgehead atoms. The molecular formula is C24H25N5O2. The number of para-hydroxylation sites is 1. The summed E-state index contributed by atoms with van der Waals surface area (Å²) in [6.07, 6.45) is 4.50. The van der Waals surface area contributed by atoms with Crippen LogP contribution in [0.5, 0.6) is 0 Å². The summed E-state index contributed by atoms with van der Waals surface area (Å²) in [4.78, 5) is 29.0. The van der Waals surface area contributed by atoms with E-state index in [1.165, 1.54) is 4.68 Å². The van der Waals surface area contributed by atoms with Gasteiger partial charge in [0.05, 0.1) is 11.6 Å². The minimum absolute atomic E-state index is 0.179. The molecule has 0 aliphatic heterocycles. The lowest BCUT2D eigenvalue weighted by atomic mass is 10.1. The van der Waals surface area contributed by atoms with E-state index >= 15 is 0 Å². The number of H-pyrrole nitrogens is 1. The smallest absolute Gasteiger partial charge is 0.292 e. The van der Waals surface area contributed by atoms with E-state index in [2.05, 4.69) is 27.5 Å². The van der Waals surface area contributed by atoms with Gasteiger partial charge in [-0.05, 0) is 25.5 Å². The lowest BCUT2D eigenvalue weighted by Gasteiger charge is -2.10. The second-order valence-electron chi connectivity index (χ2n) is 7.54. The van der Waals surface area contributed by atoms with E-state index in [1.807, 2.05) is 31.2 Å². The quantitative estimate of drug-likeness (QED) is 0.270. The highest BCUT2D eigenvalue weighted by atomic mass is 16.2. The molecule has 0 unspecified atom stereocenters. The van der Waals surface area contributed by atoms with Crippen molar-refractivity contribution in [3.63, 3.8) is 0 Å². The largest absolute Gasteiger partial charge is 0.358 e. The van der Waals surface area contributed by atoms with Crippen molar-refractivity contribution < 1.29 is 4.79 Å². The molecule has 2 aromatic carbocycles. The van der Waals surface area contributed by atoms with E-state index in [4.69, 9.17) is 0 Å². The molecule has 2 N–H and O–H groups in total. The third kappa shape index (κ3) is 4.12. The van der Waals surface area contributed by atoms with Gasteiger partial charge in [0.2, 0.25) is 0 Å². The number of aryl methyl sites for hydroxylation is 2. The summed E-state index contributed by atoms with van der Waals surface area (Å²) in [7, 11) is 0. The summed E-state index contributed by atoms with van der Waals surface area (Å²) in [6, 6.07) is 15.0. The van der Waals surface area contributed by atoms with Crippen molar-refractivity contribution in [3.8, 4) is 0 Å². The number of fused-ring (bicyclic) bond motifs is 2. The van der Waals surface area contributed by atoms with Gasteiger partial charge in [0, 0.05) is 34.1 Å². The fourth-order valence-corrected chi connectivity index (χ4v) is 3.74. The molecule has 4 rings (SSSR count). The molecule has 1 amide bonds. The van der Waals surface area contributed by atoms with Crippen molar-refractivity contribution >= 4 is 33.8 Å². The Morgan fingerprint density at radius 3 is 2.58 bits per heavy atom. The molecule has 0 saturated carbocycles. The number of rotatable bonds is 7. The van der Waals surface area contributed by atoms with Gasteiger partial charge in [0.1, 0.15) is 0 Å². The number of nitrogens with one attached hydrogen (secondary N) is 2. The van der Waals surface area contributed by atoms with Gasteiger partial charge >= 0.3 is 0 Å². The first-order valence-corrected chi connectivity index (χ1v) is 10.5. The number of carbonyl (C=O) groups excluding carboxylic acids is 1. The third-order valence-corrected chi connectivity index (χ3v) is 5.36. The van der Waals surface area contributed by atoms with E-state index in [1.54, 1.807) is 30.5 Å². The molecule has 7 heteroatoms. The van der Waals surface area contributed by atoms with Crippen molar-refractivity contribution in [2.45, 2.75) is 39.7 Å². The summed E-state index contributed by atoms with van der Waals surface area (Å²) in [5.41, 5.74) is 5.48. The first kappa shape index (κ1) is 20.5. The van der Waals surface area contributed by atoms with Gasteiger partial charge in [-0.15, -0.1) is 0 Å². The van der Waals surface area contributed by atoms with Crippen LogP contribution in [0, 0.1) is 6.92 Å². The van der Waals surface area contributed by atoms with E-state index in [0.29, 0.717) is 17.3 Å². The average molecular weight is 415 g/mol. The van der Waals surface area contributed by atoms with Crippen LogP contribution < -0.4 is 11.0 Å². The number of aromatic amines is 1. The number of nitrogens with zero attached hydrogens (tertiary/aromatic N) is 3. The summed E-state index contributed by atoms with van der Waals surface area (Å²) in [6.45, 7) is 4.54. The lowest BCUT2D eigenvalue weighted by molar-refractivity contribution is 0.0949. The third-order valence-electron chi connectivity index (χ3n) is 5.36. The number of unbranched alkanes of at least 4 members (excludes halogenated alkanes) is 2. The fourth-order valence-electron chi connectivity index (χ4n) is 3.74. The van der Waals surface area contributed by atoms with Crippen LogP contribution in [0.25, 0.3) is 21.7 Å². The Bertz CT molecular complexity index is 1330. The molecule has 0 radical (unpaired) electrons. The van der Waals surface area contributed by atoms with E-state index in [-0.39, 0.29) is 11.3 Å². The van der Waals surface area contributed by atoms with Crippen LogP contribution in [0.2, 0.25) is 0 Å². The lowest BCUT2D eigenvalue weighted by Crippen LogP contribution is -2.29. The molecule has 158 valence electrons. The van der Waals surface area contributed by atoms with Crippen LogP contribution in [-0.4, -0.2) is 26.9 Å². The van der Waals surface area contributed by atoms with Gasteiger partial charge < -0.3 is 4.98 Å². The second-order valence-corrected chi connectivity index (χ2v) is 7.54. The Labute approximate surface area is 179 Å². The Morgan fingerprint density at radius 2 is 1.81 bits per heavy atom. The maximum absolute atomic E-state index is 12.9. The molecule has 0 spiro atoms. The van der Waals surface area contributed by atoms with Crippen LogP contribution in [0.4, 0.5) is 0 Å². The van der Waals surface area contributed by atoms with Crippen LogP contribution in [0.15, 0.2) is 58.4 Å². The number of hydrogen-bond acceptors (Lipinski definition) is 4. The predicted octanol–water partition coefficient (Wildman–Crippen LogP) is 4.14. The molecule has 2 aromatic heterocycles. The van der Waals surface area contributed by atoms with E-state index in [9.17, 15) is 9.59 Å². The number of carbonyl (C=O) groups is 1. The number of benzene rings is 2. The highest BCUT2D eigenvalue weighted by Gasteiger charge is 2.16. The van der Waals surface area contributed by atoms with Gasteiger partial charge in [-0.3, -0.25) is 9.59 Å². The maximum Gasteiger partial charge on any atom is 0.292 e. The van der Waals surface area contributed by atoms with Gasteiger partial charge in [-0.2, -0.15) is 10.2 Å². The first-order chi connectivity index (χ1) is 15.1. The first-order valence-electron chi connectivity index (χ1n) is 10.5. The Hall–Kier alpha value is -3.74. The molecule has 0 aliphatic carbocycles. The average Bonchev–Trinajstić information content (AvgIpc) is 3.10. The number of hydrogen-bond donors (Lipinski definition) is 2. The summed E-state index contributed by atoms with van der Waals surface area (Å²) < 4.78 is 1.39. The Kier molecular flexibility index (Phi) is 5.93. The topological polar surface area (TPSA) is 92.1 Å². The standard InChI is InChI=1S/C24H25N5O2/c1-3-4-9-14-29-24(31)19-12-6-5-11-18(19)22(28-29)23(30)27-25-15-20-16(2)26-21-13-8-7-10-17(20)21/h5-8,10-13,15,26H,3-4,9,14H2,1-2H3,(H,27,30)/b25-15+. The zero-order valence-electron chi connectivity index (χ0n) is 17.7. The highest BCUT2D eigenvalue weighted by Crippen LogP contribution is 2.20. The van der Waals surface area contributed by atoms with Crippen molar-refractivity contribution in [2.24, 2.45) is 5.10 Å². The van der Waals surface area contributed by atoms with Crippen LogP contribution >= 0.6 is 0 Å². The van der Waals surface area contributed by atoms with Crippen LogP contribution in [-0.2, 0) is 6.54 Å². The van der Waals surface area contributed by atoms with Crippen LogP contribution in [0.1, 0.15) is 47.9 Å². The fraction of sp³-hybridized carbons (Fsp3) is 0.250. The Morgan fingerprint density at radius 1 is 1.10 bits per heavy atom. The van der Waals surface area contributed by atoms with Gasteiger partial charge in [-0.1, -0.05) is 56.2 Å². The molecule has 2 heterocycles. The van der Waals surface area contributed by atoms with Crippen molar-refractivity contribution in [1.82, 2.24) is 20.2 Å². The molecule has 0 atom stereocenters. The molecule has 0 saturated heterocycles. The molecule has 0 fully saturated rings. The zero-order valence-corrected chi connectivity index (χ0v) is 17.7. The minimum atomic E-state index is -0.450. The predicted molar refractivity (Wildman–Crippen MR) is 124 cm³/mol. The van der Waals surface area contributed by atoms with E-state index in [0.717, 1.165) is 41.4 Å². The molecule has 0 aliphatic rings. The monoisotopic (exact) mass is 415 g/mol. The molecule has 31 heavy (non-hydrogen) atoms. The van der Waals surface area contributed by atoms with Crippen LogP contribution in [0.3, 0.4) is 0 Å². The van der Waals surface area contributed by atoms with E-state index < -0.39 is 5.91 Å². The van der Waals surface area contributed by atoms with Crippen molar-refractivity contribution in [2.75, 3.05) is 0 Å². The normalized spacial score (nSPS) is 11.5. The number of hydrazone groups is 1. The Balaban J connectivity index is 1.64. The number of amides is 1. The minimum Gasteiger partial charge on any atom is -0.358 e.